The van der Waals surface area contributed by atoms with Gasteiger partial charge in [-0.2, -0.15) is 0 Å². The Morgan fingerprint density at radius 1 is 1.09 bits per heavy atom. The number of methoxy groups -OCH3 is 1. The van der Waals surface area contributed by atoms with Gasteiger partial charge in [0.05, 0.1) is 13.5 Å². The second kappa shape index (κ2) is 5.02. The van der Waals surface area contributed by atoms with Crippen molar-refractivity contribution in [1.82, 2.24) is 0 Å². The lowest BCUT2D eigenvalue weighted by Crippen LogP contribution is -2.05. The molecule has 5 heteroatoms. The highest BCUT2D eigenvalue weighted by atomic mass is 16.5. The number of carbonyl (C=O) groups excluding carboxylic acids is 1. The quantitative estimate of drug-likeness (QED) is 0.537. The summed E-state index contributed by atoms with van der Waals surface area (Å²) in [7, 11) is 1.36. The van der Waals surface area contributed by atoms with E-state index >= 15 is 0 Å². The minimum absolute atomic E-state index is 0.149. The lowest BCUT2D eigenvalue weighted by Gasteiger charge is -2.05. The smallest absolute Gasteiger partial charge is 0.336 e. The lowest BCUT2D eigenvalue weighted by molar-refractivity contribution is -0.139. The molecule has 0 aliphatic carbocycles. The first kappa shape index (κ1) is 14.4. The molecule has 2 aromatic heterocycles. The average molecular weight is 300 g/mol. The van der Waals surface area contributed by atoms with Gasteiger partial charge in [0, 0.05) is 28.0 Å². The maximum Gasteiger partial charge on any atom is 0.336 e. The molecule has 1 aromatic carbocycles. The predicted octanol–water partition coefficient (Wildman–Crippen LogP) is 3.18. The fraction of sp³-hybridized carbons (Fsp3) is 0.294. The number of furan rings is 1. The Morgan fingerprint density at radius 3 is 2.45 bits per heavy atom. The SMILES string of the molecule is COC(=O)Cc1c(C)oc2c(C)c3oc(=O)cc(C)c3cc12. The van der Waals surface area contributed by atoms with Crippen LogP contribution in [-0.4, -0.2) is 13.1 Å². The molecule has 22 heavy (non-hydrogen) atoms. The third kappa shape index (κ3) is 2.09. The van der Waals surface area contributed by atoms with Gasteiger partial charge in [-0.1, -0.05) is 0 Å². The molecule has 5 nitrogen and oxygen atoms in total. The molecule has 0 saturated carbocycles. The zero-order valence-electron chi connectivity index (χ0n) is 12.9. The van der Waals surface area contributed by atoms with E-state index in [9.17, 15) is 9.59 Å². The van der Waals surface area contributed by atoms with Crippen molar-refractivity contribution in [3.8, 4) is 0 Å². The maximum absolute atomic E-state index is 11.6. The number of benzene rings is 1. The highest BCUT2D eigenvalue weighted by Crippen LogP contribution is 2.34. The van der Waals surface area contributed by atoms with Crippen LogP contribution in [0.1, 0.15) is 22.5 Å². The van der Waals surface area contributed by atoms with Gasteiger partial charge in [0.1, 0.15) is 16.9 Å². The Bertz CT molecular complexity index is 959. The van der Waals surface area contributed by atoms with E-state index < -0.39 is 0 Å². The highest BCUT2D eigenvalue weighted by molar-refractivity contribution is 6.00. The number of aryl methyl sites for hydroxylation is 3. The van der Waals surface area contributed by atoms with Crippen molar-refractivity contribution in [2.24, 2.45) is 0 Å². The summed E-state index contributed by atoms with van der Waals surface area (Å²) in [5, 5.41) is 1.70. The van der Waals surface area contributed by atoms with Crippen LogP contribution in [-0.2, 0) is 16.0 Å². The summed E-state index contributed by atoms with van der Waals surface area (Å²) >= 11 is 0. The fourth-order valence-electron chi connectivity index (χ4n) is 2.79. The Kier molecular flexibility index (Phi) is 3.28. The van der Waals surface area contributed by atoms with Gasteiger partial charge >= 0.3 is 11.6 Å². The first-order valence-corrected chi connectivity index (χ1v) is 6.95. The molecule has 2 heterocycles. The van der Waals surface area contributed by atoms with Crippen LogP contribution in [0.15, 0.2) is 25.8 Å². The highest BCUT2D eigenvalue weighted by Gasteiger charge is 2.19. The zero-order chi connectivity index (χ0) is 16.0. The van der Waals surface area contributed by atoms with E-state index in [0.29, 0.717) is 16.9 Å². The molecular formula is C17H16O5. The third-order valence-corrected chi connectivity index (χ3v) is 3.97. The number of fused-ring (bicyclic) bond motifs is 2. The van der Waals surface area contributed by atoms with Crippen LogP contribution in [0.2, 0.25) is 0 Å². The van der Waals surface area contributed by atoms with Gasteiger partial charge in [-0.15, -0.1) is 0 Å². The van der Waals surface area contributed by atoms with Crippen molar-refractivity contribution in [1.29, 1.82) is 0 Å². The van der Waals surface area contributed by atoms with Gasteiger partial charge in [-0.05, 0) is 32.4 Å². The molecule has 0 atom stereocenters. The van der Waals surface area contributed by atoms with E-state index in [0.717, 1.165) is 27.5 Å². The molecule has 0 bridgehead atoms. The standard InChI is InChI=1S/C17H16O5/c1-8-5-15(19)22-16-9(2)17-13(6-11(8)16)12(10(3)21-17)7-14(18)20-4/h5-6H,7H2,1-4H3. The van der Waals surface area contributed by atoms with E-state index in [1.807, 2.05) is 26.8 Å². The second-order valence-corrected chi connectivity index (χ2v) is 5.39. The number of esters is 1. The van der Waals surface area contributed by atoms with E-state index in [2.05, 4.69) is 0 Å². The second-order valence-electron chi connectivity index (χ2n) is 5.39. The largest absolute Gasteiger partial charge is 0.469 e. The summed E-state index contributed by atoms with van der Waals surface area (Å²) in [4.78, 5) is 23.2. The predicted molar refractivity (Wildman–Crippen MR) is 82.2 cm³/mol. The van der Waals surface area contributed by atoms with Gasteiger partial charge in [0.2, 0.25) is 0 Å². The normalized spacial score (nSPS) is 11.3. The molecular weight excluding hydrogens is 284 g/mol. The van der Waals surface area contributed by atoms with Crippen LogP contribution in [0.3, 0.4) is 0 Å². The van der Waals surface area contributed by atoms with Crippen LogP contribution < -0.4 is 5.63 Å². The van der Waals surface area contributed by atoms with E-state index in [1.54, 1.807) is 0 Å². The third-order valence-electron chi connectivity index (χ3n) is 3.97. The molecule has 0 N–H and O–H groups in total. The average Bonchev–Trinajstić information content (AvgIpc) is 2.77. The summed E-state index contributed by atoms with van der Waals surface area (Å²) in [5.41, 5.74) is 3.17. The number of ether oxygens (including phenoxy) is 1. The number of hydrogen-bond donors (Lipinski definition) is 0. The Balaban J connectivity index is 2.40. The summed E-state index contributed by atoms with van der Waals surface area (Å²) < 4.78 is 15.9. The Morgan fingerprint density at radius 2 is 1.77 bits per heavy atom. The monoisotopic (exact) mass is 300 g/mol. The molecule has 0 amide bonds. The molecule has 0 aliphatic heterocycles. The molecule has 114 valence electrons. The first-order valence-electron chi connectivity index (χ1n) is 6.95. The molecule has 0 aliphatic rings. The summed E-state index contributed by atoms with van der Waals surface area (Å²) in [6, 6.07) is 3.37. The summed E-state index contributed by atoms with van der Waals surface area (Å²) in [6.45, 7) is 5.51. The van der Waals surface area contributed by atoms with Crippen LogP contribution >= 0.6 is 0 Å². The number of hydrogen-bond acceptors (Lipinski definition) is 5. The molecule has 0 fully saturated rings. The Labute approximate surface area is 126 Å². The van der Waals surface area contributed by atoms with Crippen molar-refractivity contribution in [2.75, 3.05) is 7.11 Å². The molecule has 0 saturated heterocycles. The van der Waals surface area contributed by atoms with E-state index in [4.69, 9.17) is 13.6 Å². The lowest BCUT2D eigenvalue weighted by atomic mass is 10.0. The zero-order valence-corrected chi connectivity index (χ0v) is 12.9. The fourth-order valence-corrected chi connectivity index (χ4v) is 2.79. The van der Waals surface area contributed by atoms with Crippen molar-refractivity contribution in [2.45, 2.75) is 27.2 Å². The topological polar surface area (TPSA) is 69.7 Å². The van der Waals surface area contributed by atoms with Gasteiger partial charge in [-0.3, -0.25) is 4.79 Å². The van der Waals surface area contributed by atoms with Gasteiger partial charge in [0.15, 0.2) is 0 Å². The van der Waals surface area contributed by atoms with E-state index in [1.165, 1.54) is 13.2 Å². The van der Waals surface area contributed by atoms with Crippen LogP contribution in [0.4, 0.5) is 0 Å². The van der Waals surface area contributed by atoms with E-state index in [-0.39, 0.29) is 18.0 Å². The first-order chi connectivity index (χ1) is 10.4. The number of carbonyl (C=O) groups is 1. The molecule has 0 unspecified atom stereocenters. The van der Waals surface area contributed by atoms with Crippen molar-refractivity contribution < 1.29 is 18.4 Å². The van der Waals surface area contributed by atoms with Crippen molar-refractivity contribution in [3.05, 3.63) is 45.0 Å². The minimum Gasteiger partial charge on any atom is -0.469 e. The van der Waals surface area contributed by atoms with Crippen LogP contribution in [0.5, 0.6) is 0 Å². The molecule has 0 radical (unpaired) electrons. The van der Waals surface area contributed by atoms with Crippen molar-refractivity contribution in [3.63, 3.8) is 0 Å². The van der Waals surface area contributed by atoms with Crippen LogP contribution in [0, 0.1) is 20.8 Å². The van der Waals surface area contributed by atoms with Gasteiger partial charge < -0.3 is 13.6 Å². The van der Waals surface area contributed by atoms with Gasteiger partial charge in [-0.25, -0.2) is 4.79 Å². The Hall–Kier alpha value is -2.56. The van der Waals surface area contributed by atoms with Crippen molar-refractivity contribution >= 4 is 27.9 Å². The minimum atomic E-state index is -0.384. The maximum atomic E-state index is 11.6. The summed E-state index contributed by atoms with van der Waals surface area (Å²) in [6.07, 6.45) is 0.149. The summed E-state index contributed by atoms with van der Waals surface area (Å²) in [5.74, 6) is 0.346. The van der Waals surface area contributed by atoms with Gasteiger partial charge in [0.25, 0.3) is 0 Å². The molecule has 3 aromatic rings. The molecule has 3 rings (SSSR count). The molecule has 0 spiro atoms. The number of rotatable bonds is 2. The van der Waals surface area contributed by atoms with Crippen LogP contribution in [0.25, 0.3) is 21.9 Å².